The number of nitrogens with zero attached hydrogens (tertiary/aromatic N) is 5. The zero-order valence-electron chi connectivity index (χ0n) is 33.6. The first-order valence-electron chi connectivity index (χ1n) is 18.8. The minimum atomic E-state index is -4.29. The van der Waals surface area contributed by atoms with Gasteiger partial charge in [-0.05, 0) is 60.6 Å². The molecule has 4 heterocycles. The fourth-order valence-electron chi connectivity index (χ4n) is 7.10. The molecular formula is C38H47BN5O14S2+. The van der Waals surface area contributed by atoms with Crippen LogP contribution in [0.4, 0.5) is 11.5 Å². The second-order valence-electron chi connectivity index (χ2n) is 15.4. The van der Waals surface area contributed by atoms with Crippen molar-refractivity contribution in [3.63, 3.8) is 0 Å². The lowest BCUT2D eigenvalue weighted by molar-refractivity contribution is -0.684. The molecule has 0 unspecified atom stereocenters. The molecule has 0 saturated carbocycles. The van der Waals surface area contributed by atoms with Crippen molar-refractivity contribution >= 4 is 73.7 Å². The van der Waals surface area contributed by atoms with Crippen molar-refractivity contribution in [3.05, 3.63) is 83.2 Å². The molecule has 3 amide bonds. The molecule has 3 aliphatic heterocycles. The molecule has 1 fully saturated rings. The molecule has 1 aromatic carbocycles. The van der Waals surface area contributed by atoms with Crippen LogP contribution in [0.3, 0.4) is 0 Å². The summed E-state index contributed by atoms with van der Waals surface area (Å²) in [6.45, 7) is 7.15. The lowest BCUT2D eigenvalue weighted by Crippen LogP contribution is -2.39. The van der Waals surface area contributed by atoms with Crippen LogP contribution >= 0.6 is 0 Å². The number of anilines is 1. The first-order valence-corrected chi connectivity index (χ1v) is 22.0. The summed E-state index contributed by atoms with van der Waals surface area (Å²) in [5, 5.41) is 20.8. The Labute approximate surface area is 347 Å². The normalized spacial score (nSPS) is 17.8. The molecule has 22 heteroatoms. The van der Waals surface area contributed by atoms with E-state index in [1.807, 2.05) is 38.7 Å². The van der Waals surface area contributed by atoms with Crippen molar-refractivity contribution in [1.82, 2.24) is 10.1 Å². The Morgan fingerprint density at radius 1 is 0.933 bits per heavy atom. The number of aliphatic imine (C=N–C) groups is 1. The molecule has 322 valence electrons. The second kappa shape index (κ2) is 17.9. The average molecular weight is 873 g/mol. The minimum absolute atomic E-state index is 0.0207. The largest absolute Gasteiger partial charge is 0.488 e. The molecular weight excluding hydrogens is 825 g/mol. The van der Waals surface area contributed by atoms with Crippen molar-refractivity contribution in [3.8, 4) is 0 Å². The van der Waals surface area contributed by atoms with Crippen molar-refractivity contribution in [2.24, 2.45) is 4.99 Å². The summed E-state index contributed by atoms with van der Waals surface area (Å²) in [5.41, 5.74) is 2.47. The van der Waals surface area contributed by atoms with Crippen LogP contribution in [-0.2, 0) is 61.7 Å². The molecule has 0 spiro atoms. The SMILES string of the molecule is CN(OCC(=O)ON1C(=O)CCC1=O)C(=O)c1cc2c([n+](CCCS(=O)(=O)O)c1)N=C(/C=C/C=C/C=C1/N(CCCS(=O)(=O)O)c3ccc(B(O)O)cc3C1(C)C)C2(C)C. The Balaban J connectivity index is 1.37. The van der Waals surface area contributed by atoms with Crippen molar-refractivity contribution in [1.29, 1.82) is 0 Å². The van der Waals surface area contributed by atoms with Crippen molar-refractivity contribution < 1.29 is 69.4 Å². The molecule has 3 aliphatic rings. The van der Waals surface area contributed by atoms with Crippen molar-refractivity contribution in [2.75, 3.05) is 36.6 Å². The Kier molecular flexibility index (Phi) is 13.7. The fourth-order valence-corrected chi connectivity index (χ4v) is 8.09. The predicted octanol–water partition coefficient (Wildman–Crippen LogP) is 0.978. The van der Waals surface area contributed by atoms with Gasteiger partial charge < -0.3 is 19.8 Å². The number of fused-ring (bicyclic) bond motifs is 2. The number of carbonyl (C=O) groups is 4. The second-order valence-corrected chi connectivity index (χ2v) is 18.5. The average Bonchev–Trinajstić information content (AvgIpc) is 3.69. The van der Waals surface area contributed by atoms with E-state index in [9.17, 15) is 55.2 Å². The van der Waals surface area contributed by atoms with Gasteiger partial charge in [-0.25, -0.2) is 14.4 Å². The number of hydrogen-bond acceptors (Lipinski definition) is 14. The molecule has 0 aliphatic carbocycles. The Bertz CT molecular complexity index is 2410. The third-order valence-electron chi connectivity index (χ3n) is 10.3. The Morgan fingerprint density at radius 3 is 2.22 bits per heavy atom. The molecule has 2 aromatic rings. The van der Waals surface area contributed by atoms with Gasteiger partial charge in [-0.15, -0.1) is 5.06 Å². The van der Waals surface area contributed by atoms with Crippen LogP contribution in [0.2, 0.25) is 0 Å². The Hall–Kier alpha value is -5.10. The number of hydroxylamine groups is 4. The van der Waals surface area contributed by atoms with Gasteiger partial charge in [-0.2, -0.15) is 16.8 Å². The highest BCUT2D eigenvalue weighted by molar-refractivity contribution is 7.86. The van der Waals surface area contributed by atoms with E-state index in [0.29, 0.717) is 27.6 Å². The van der Waals surface area contributed by atoms with Gasteiger partial charge in [0.15, 0.2) is 12.3 Å². The molecule has 60 heavy (non-hydrogen) atoms. The van der Waals surface area contributed by atoms with E-state index in [1.165, 1.54) is 13.2 Å². The fraction of sp³-hybridized carbons (Fsp3) is 0.421. The highest BCUT2D eigenvalue weighted by Crippen LogP contribution is 2.47. The van der Waals surface area contributed by atoms with Gasteiger partial charge in [-0.1, -0.05) is 44.2 Å². The summed E-state index contributed by atoms with van der Waals surface area (Å²) in [4.78, 5) is 66.3. The lowest BCUT2D eigenvalue weighted by Gasteiger charge is -2.27. The number of amides is 3. The number of carbonyl (C=O) groups excluding carboxylic acids is 4. The van der Waals surface area contributed by atoms with E-state index >= 15 is 0 Å². The van der Waals surface area contributed by atoms with E-state index in [-0.39, 0.29) is 44.3 Å². The van der Waals surface area contributed by atoms with E-state index in [2.05, 4.69) is 0 Å². The zero-order valence-corrected chi connectivity index (χ0v) is 35.3. The van der Waals surface area contributed by atoms with Gasteiger partial charge in [0.25, 0.3) is 38.0 Å². The van der Waals surface area contributed by atoms with Crippen LogP contribution in [-0.4, -0.2) is 114 Å². The van der Waals surface area contributed by atoms with Crippen LogP contribution in [0.25, 0.3) is 0 Å². The number of benzene rings is 1. The van der Waals surface area contributed by atoms with Gasteiger partial charge in [0.2, 0.25) is 0 Å². The van der Waals surface area contributed by atoms with E-state index < -0.39 is 80.0 Å². The van der Waals surface area contributed by atoms with Gasteiger partial charge in [0.05, 0.1) is 34.6 Å². The van der Waals surface area contributed by atoms with Gasteiger partial charge in [0.1, 0.15) is 6.20 Å². The summed E-state index contributed by atoms with van der Waals surface area (Å²) in [7, 11) is -8.93. The number of imide groups is 1. The topological polar surface area (TPSA) is 262 Å². The van der Waals surface area contributed by atoms with Gasteiger partial charge in [-0.3, -0.25) is 28.3 Å². The van der Waals surface area contributed by atoms with Crippen LogP contribution < -0.4 is 14.9 Å². The number of aromatic nitrogens is 1. The molecule has 1 saturated heterocycles. The molecule has 0 radical (unpaired) electrons. The van der Waals surface area contributed by atoms with Crippen LogP contribution in [0.15, 0.2) is 71.5 Å². The maximum Gasteiger partial charge on any atom is 0.488 e. The van der Waals surface area contributed by atoms with Crippen LogP contribution in [0, 0.1) is 0 Å². The number of rotatable bonds is 17. The highest BCUT2D eigenvalue weighted by atomic mass is 32.2. The van der Waals surface area contributed by atoms with E-state index in [4.69, 9.17) is 14.7 Å². The summed E-state index contributed by atoms with van der Waals surface area (Å²) in [5.74, 6) is -3.71. The third-order valence-corrected chi connectivity index (χ3v) is 11.9. The predicted molar refractivity (Wildman–Crippen MR) is 217 cm³/mol. The maximum atomic E-state index is 13.6. The molecule has 19 nitrogen and oxygen atoms in total. The van der Waals surface area contributed by atoms with Gasteiger partial charge in [0, 0.05) is 49.7 Å². The summed E-state index contributed by atoms with van der Waals surface area (Å²) in [6.07, 6.45) is 10.3. The number of aryl methyl sites for hydroxylation is 1. The molecule has 5 rings (SSSR count). The van der Waals surface area contributed by atoms with Gasteiger partial charge >= 0.3 is 18.9 Å². The quantitative estimate of drug-likeness (QED) is 0.0431. The first-order chi connectivity index (χ1) is 27.9. The highest BCUT2D eigenvalue weighted by Gasteiger charge is 2.44. The summed E-state index contributed by atoms with van der Waals surface area (Å²) >= 11 is 0. The van der Waals surface area contributed by atoms with E-state index in [0.717, 1.165) is 22.0 Å². The number of hydrogen-bond donors (Lipinski definition) is 4. The lowest BCUT2D eigenvalue weighted by atomic mass is 9.75. The molecule has 1 aromatic heterocycles. The number of allylic oxidation sites excluding steroid dienone is 6. The summed E-state index contributed by atoms with van der Waals surface area (Å²) in [6, 6.07) is 6.60. The van der Waals surface area contributed by atoms with E-state index in [1.54, 1.807) is 53.1 Å². The van der Waals surface area contributed by atoms with Crippen molar-refractivity contribution in [2.45, 2.75) is 70.8 Å². The third kappa shape index (κ3) is 10.6. The Morgan fingerprint density at radius 2 is 1.58 bits per heavy atom. The summed E-state index contributed by atoms with van der Waals surface area (Å²) < 4.78 is 66.3. The van der Waals surface area contributed by atoms with Crippen LogP contribution in [0.5, 0.6) is 0 Å². The maximum absolute atomic E-state index is 13.6. The minimum Gasteiger partial charge on any atom is -0.423 e. The molecule has 4 N–H and O–H groups in total. The molecule has 0 atom stereocenters. The first kappa shape index (κ1) is 46.0. The standard InChI is InChI=1S/C38H46BN5O14S2/c1-37(2)28-21-25(36(48)41(5)57-24-34(47)58-44-32(45)15-16-33(44)46)23-42(17-9-19-59(51,52)53)35(28)40-30(37)11-7-6-8-12-31-38(3,4)27-22-26(39(49)50)13-14-29(27)43(31)18-10-20-60(54,55)56/h6-8,11-14,21-23,49-50H,9-10,15-20,24H2,1-5H3,(H-,51,52,53,54,55,56)/p+1. The molecule has 0 bridgehead atoms. The monoisotopic (exact) mass is 872 g/mol. The smallest absolute Gasteiger partial charge is 0.423 e. The van der Waals surface area contributed by atoms with Crippen LogP contribution in [0.1, 0.15) is 74.9 Å². The number of pyridine rings is 1. The zero-order chi connectivity index (χ0) is 44.4.